The molecule has 0 saturated carbocycles. The average molecular weight is 318 g/mol. The number of esters is 1. The van der Waals surface area contributed by atoms with E-state index in [0.29, 0.717) is 11.5 Å². The van der Waals surface area contributed by atoms with Gasteiger partial charge in [0, 0.05) is 23.7 Å². The Morgan fingerprint density at radius 3 is 3.10 bits per heavy atom. The zero-order chi connectivity index (χ0) is 14.5. The molecule has 0 aliphatic carbocycles. The summed E-state index contributed by atoms with van der Waals surface area (Å²) in [7, 11) is 0. The Hall–Kier alpha value is -2.25. The topological polar surface area (TPSA) is 65.2 Å². The Bertz CT molecular complexity index is 730. The number of carbonyl (C=O) groups excluding carboxylic acids is 1. The van der Waals surface area contributed by atoms with E-state index in [1.54, 1.807) is 29.7 Å². The summed E-state index contributed by atoms with van der Waals surface area (Å²) in [5.41, 5.74) is 0.578. The molecule has 0 spiro atoms. The summed E-state index contributed by atoms with van der Waals surface area (Å²) in [5, 5.41) is 8.43. The normalized spacial score (nSPS) is 11.0. The van der Waals surface area contributed by atoms with Crippen LogP contribution in [0.5, 0.6) is 0 Å². The number of aromatic nitrogens is 2. The smallest absolute Gasteiger partial charge is 0.331 e. The van der Waals surface area contributed by atoms with Gasteiger partial charge in [-0.15, -0.1) is 22.7 Å². The van der Waals surface area contributed by atoms with Gasteiger partial charge in [-0.05, 0) is 17.5 Å². The fourth-order valence-corrected chi connectivity index (χ4v) is 2.77. The van der Waals surface area contributed by atoms with Gasteiger partial charge in [0.05, 0.1) is 4.88 Å². The van der Waals surface area contributed by atoms with Crippen molar-refractivity contribution in [3.8, 4) is 10.6 Å². The van der Waals surface area contributed by atoms with Crippen LogP contribution in [0, 0.1) is 0 Å². The molecule has 0 amide bonds. The van der Waals surface area contributed by atoms with E-state index >= 15 is 0 Å². The second kappa shape index (κ2) is 6.47. The highest BCUT2D eigenvalue weighted by atomic mass is 32.1. The van der Waals surface area contributed by atoms with E-state index in [1.807, 2.05) is 22.9 Å². The number of rotatable bonds is 5. The molecule has 3 aromatic rings. The molecule has 21 heavy (non-hydrogen) atoms. The van der Waals surface area contributed by atoms with Gasteiger partial charge in [0.2, 0.25) is 0 Å². The summed E-state index contributed by atoms with van der Waals surface area (Å²) >= 11 is 3.01. The lowest BCUT2D eigenvalue weighted by Gasteiger charge is -1.96. The largest absolute Gasteiger partial charge is 0.456 e. The molecular weight excluding hydrogens is 308 g/mol. The first-order valence-electron chi connectivity index (χ1n) is 6.05. The maximum Gasteiger partial charge on any atom is 0.331 e. The van der Waals surface area contributed by atoms with Crippen LogP contribution in [0.4, 0.5) is 0 Å². The number of thiophene rings is 1. The van der Waals surface area contributed by atoms with Crippen molar-refractivity contribution in [3.05, 3.63) is 51.9 Å². The highest BCUT2D eigenvalue weighted by Gasteiger charge is 2.08. The Morgan fingerprint density at radius 2 is 2.33 bits per heavy atom. The van der Waals surface area contributed by atoms with Crippen molar-refractivity contribution in [2.75, 3.05) is 0 Å². The predicted molar refractivity (Wildman–Crippen MR) is 80.8 cm³/mol. The van der Waals surface area contributed by atoms with Crippen molar-refractivity contribution in [3.63, 3.8) is 0 Å². The van der Waals surface area contributed by atoms with E-state index in [9.17, 15) is 4.79 Å². The zero-order valence-corrected chi connectivity index (χ0v) is 12.4. The van der Waals surface area contributed by atoms with Gasteiger partial charge in [-0.3, -0.25) is 0 Å². The van der Waals surface area contributed by atoms with Gasteiger partial charge in [0.1, 0.15) is 17.3 Å². The number of carbonyl (C=O) groups is 1. The highest BCUT2D eigenvalue weighted by Crippen LogP contribution is 2.25. The maximum atomic E-state index is 11.6. The molecule has 0 aromatic carbocycles. The first-order chi connectivity index (χ1) is 10.3. The van der Waals surface area contributed by atoms with Gasteiger partial charge >= 0.3 is 5.97 Å². The average Bonchev–Trinajstić information content (AvgIpc) is 3.24. The summed E-state index contributed by atoms with van der Waals surface area (Å²) in [6, 6.07) is 5.65. The third kappa shape index (κ3) is 3.65. The van der Waals surface area contributed by atoms with Crippen molar-refractivity contribution in [2.45, 2.75) is 6.61 Å². The third-order valence-corrected chi connectivity index (χ3v) is 4.12. The lowest BCUT2D eigenvalue weighted by molar-refractivity contribution is -0.139. The van der Waals surface area contributed by atoms with Gasteiger partial charge in [0.15, 0.2) is 5.76 Å². The first kappa shape index (κ1) is 13.7. The standard InChI is InChI=1S/C14H10N2O3S2/c17-14(4-3-13-15-5-7-21-13)18-9-10-8-11(19-16-10)12-2-1-6-20-12/h1-8H,9H2/b4-3+. The van der Waals surface area contributed by atoms with Crippen LogP contribution >= 0.6 is 22.7 Å². The first-order valence-corrected chi connectivity index (χ1v) is 7.81. The lowest BCUT2D eigenvalue weighted by atomic mass is 10.3. The zero-order valence-electron chi connectivity index (χ0n) is 10.8. The van der Waals surface area contributed by atoms with Gasteiger partial charge in [-0.1, -0.05) is 11.2 Å². The van der Waals surface area contributed by atoms with E-state index < -0.39 is 5.97 Å². The molecule has 106 valence electrons. The summed E-state index contributed by atoms with van der Waals surface area (Å²) in [5.74, 6) is 0.236. The van der Waals surface area contributed by atoms with E-state index in [1.165, 1.54) is 17.4 Å². The molecule has 3 aromatic heterocycles. The van der Waals surface area contributed by atoms with E-state index in [2.05, 4.69) is 10.1 Å². The molecule has 0 N–H and O–H groups in total. The van der Waals surface area contributed by atoms with Crippen LogP contribution in [0.15, 0.2) is 45.8 Å². The molecule has 7 heteroatoms. The number of hydrogen-bond donors (Lipinski definition) is 0. The molecule has 0 saturated heterocycles. The molecule has 0 unspecified atom stereocenters. The van der Waals surface area contributed by atoms with Gasteiger partial charge in [0.25, 0.3) is 0 Å². The van der Waals surface area contributed by atoms with Crippen molar-refractivity contribution < 1.29 is 14.1 Å². The minimum absolute atomic E-state index is 0.0793. The van der Waals surface area contributed by atoms with Crippen LogP contribution in [0.25, 0.3) is 16.7 Å². The van der Waals surface area contributed by atoms with Gasteiger partial charge in [-0.25, -0.2) is 9.78 Å². The molecular formula is C14H10N2O3S2. The number of thiazole rings is 1. The van der Waals surface area contributed by atoms with Gasteiger partial charge < -0.3 is 9.26 Å². The van der Waals surface area contributed by atoms with Crippen LogP contribution < -0.4 is 0 Å². The lowest BCUT2D eigenvalue weighted by Crippen LogP contribution is -2.00. The van der Waals surface area contributed by atoms with Crippen LogP contribution in [-0.2, 0) is 16.1 Å². The molecule has 0 bridgehead atoms. The fraction of sp³-hybridized carbons (Fsp3) is 0.0714. The number of ether oxygens (including phenoxy) is 1. The summed E-state index contributed by atoms with van der Waals surface area (Å²) in [6.07, 6.45) is 4.64. The molecule has 5 nitrogen and oxygen atoms in total. The summed E-state index contributed by atoms with van der Waals surface area (Å²) < 4.78 is 10.3. The Balaban J connectivity index is 1.54. The van der Waals surface area contributed by atoms with Crippen molar-refractivity contribution >= 4 is 34.7 Å². The minimum atomic E-state index is -0.439. The van der Waals surface area contributed by atoms with Crippen LogP contribution in [0.3, 0.4) is 0 Å². The number of hydrogen-bond acceptors (Lipinski definition) is 7. The third-order valence-electron chi connectivity index (χ3n) is 2.50. The van der Waals surface area contributed by atoms with Gasteiger partial charge in [-0.2, -0.15) is 0 Å². The molecule has 0 aliphatic heterocycles. The van der Waals surface area contributed by atoms with Crippen molar-refractivity contribution in [1.82, 2.24) is 10.1 Å². The number of nitrogens with zero attached hydrogens (tertiary/aromatic N) is 2. The highest BCUT2D eigenvalue weighted by molar-refractivity contribution is 7.13. The maximum absolute atomic E-state index is 11.6. The van der Waals surface area contributed by atoms with E-state index in [4.69, 9.17) is 9.26 Å². The summed E-state index contributed by atoms with van der Waals surface area (Å²) in [6.45, 7) is 0.0793. The Morgan fingerprint density at radius 1 is 1.38 bits per heavy atom. The molecule has 3 heterocycles. The molecule has 0 aliphatic rings. The second-order valence-corrected chi connectivity index (χ2v) is 5.85. The molecule has 0 radical (unpaired) electrons. The predicted octanol–water partition coefficient (Wildman–Crippen LogP) is 3.62. The minimum Gasteiger partial charge on any atom is -0.456 e. The van der Waals surface area contributed by atoms with Crippen LogP contribution in [0.2, 0.25) is 0 Å². The second-order valence-electron chi connectivity index (χ2n) is 3.97. The molecule has 0 fully saturated rings. The molecule has 0 atom stereocenters. The SMILES string of the molecule is O=C(/C=C/c1nccs1)OCc1cc(-c2cccs2)on1. The van der Waals surface area contributed by atoms with Crippen LogP contribution in [0.1, 0.15) is 10.7 Å². The Labute approximate surface area is 128 Å². The monoisotopic (exact) mass is 318 g/mol. The van der Waals surface area contributed by atoms with E-state index in [-0.39, 0.29) is 6.61 Å². The van der Waals surface area contributed by atoms with Crippen molar-refractivity contribution in [2.24, 2.45) is 0 Å². The Kier molecular flexibility index (Phi) is 4.23. The fourth-order valence-electron chi connectivity index (χ4n) is 1.56. The van der Waals surface area contributed by atoms with E-state index in [0.717, 1.165) is 9.88 Å². The quantitative estimate of drug-likeness (QED) is 0.531. The molecule has 3 rings (SSSR count). The van der Waals surface area contributed by atoms with Crippen molar-refractivity contribution in [1.29, 1.82) is 0 Å². The summed E-state index contributed by atoms with van der Waals surface area (Å²) in [4.78, 5) is 16.6. The van der Waals surface area contributed by atoms with Crippen LogP contribution in [-0.4, -0.2) is 16.1 Å².